The highest BCUT2D eigenvalue weighted by atomic mass is 35.5. The Kier molecular flexibility index (Phi) is 7.33. The van der Waals surface area contributed by atoms with Crippen molar-refractivity contribution in [2.45, 2.75) is 33.7 Å². The molecule has 0 saturated carbocycles. The predicted molar refractivity (Wildman–Crippen MR) is 108 cm³/mol. The number of hydrogen-bond acceptors (Lipinski definition) is 5. The Balaban J connectivity index is 2.18. The van der Waals surface area contributed by atoms with Crippen molar-refractivity contribution in [3.8, 4) is 0 Å². The summed E-state index contributed by atoms with van der Waals surface area (Å²) in [5, 5.41) is 5.71. The van der Waals surface area contributed by atoms with Crippen LogP contribution < -0.4 is 5.32 Å². The van der Waals surface area contributed by atoms with Gasteiger partial charge in [-0.1, -0.05) is 39.3 Å². The normalized spacial score (nSPS) is 12.3. The first kappa shape index (κ1) is 21.3. The quantitative estimate of drug-likeness (QED) is 0.749. The summed E-state index contributed by atoms with van der Waals surface area (Å²) < 4.78 is 0. The zero-order chi connectivity index (χ0) is 20.1. The van der Waals surface area contributed by atoms with E-state index in [1.165, 1.54) is 23.7 Å². The first-order valence-corrected chi connectivity index (χ1v) is 10.1. The van der Waals surface area contributed by atoms with Crippen LogP contribution in [0.25, 0.3) is 0 Å². The molecule has 27 heavy (non-hydrogen) atoms. The van der Waals surface area contributed by atoms with Gasteiger partial charge in [0.25, 0.3) is 11.8 Å². The summed E-state index contributed by atoms with van der Waals surface area (Å²) in [4.78, 5) is 35.2. The summed E-state index contributed by atoms with van der Waals surface area (Å²) in [5.74, 6) is 0.0697. The number of nitrogens with zero attached hydrogens (tertiary/aromatic N) is 3. The Morgan fingerprint density at radius 3 is 2.59 bits per heavy atom. The molecule has 2 rings (SSSR count). The first-order chi connectivity index (χ1) is 12.7. The van der Waals surface area contributed by atoms with Crippen LogP contribution in [0, 0.1) is 11.8 Å². The highest BCUT2D eigenvalue weighted by molar-refractivity contribution is 7.09. The Morgan fingerprint density at radius 1 is 1.30 bits per heavy atom. The molecule has 146 valence electrons. The van der Waals surface area contributed by atoms with Gasteiger partial charge < -0.3 is 10.2 Å². The van der Waals surface area contributed by atoms with Crippen LogP contribution in [0.4, 0.5) is 0 Å². The fourth-order valence-corrected chi connectivity index (χ4v) is 3.87. The van der Waals surface area contributed by atoms with Crippen molar-refractivity contribution in [1.29, 1.82) is 0 Å². The van der Waals surface area contributed by atoms with Gasteiger partial charge in [0.15, 0.2) is 0 Å². The topological polar surface area (TPSA) is 75.2 Å². The third-order valence-electron chi connectivity index (χ3n) is 3.96. The van der Waals surface area contributed by atoms with E-state index in [1.807, 2.05) is 13.8 Å². The summed E-state index contributed by atoms with van der Waals surface area (Å²) in [6.45, 7) is 8.77. The number of rotatable bonds is 7. The summed E-state index contributed by atoms with van der Waals surface area (Å²) >= 11 is 7.44. The minimum atomic E-state index is -0.316. The van der Waals surface area contributed by atoms with Gasteiger partial charge in [-0.25, -0.2) is 4.98 Å². The van der Waals surface area contributed by atoms with E-state index in [4.69, 9.17) is 11.6 Å². The van der Waals surface area contributed by atoms with Gasteiger partial charge >= 0.3 is 0 Å². The predicted octanol–water partition coefficient (Wildman–Crippen LogP) is 4.05. The van der Waals surface area contributed by atoms with Crippen molar-refractivity contribution >= 4 is 34.8 Å². The third-order valence-corrected chi connectivity index (χ3v) is 5.19. The van der Waals surface area contributed by atoms with E-state index < -0.39 is 0 Å². The van der Waals surface area contributed by atoms with Crippen molar-refractivity contribution in [3.63, 3.8) is 0 Å². The lowest BCUT2D eigenvalue weighted by Gasteiger charge is -2.21. The molecular formula is C19H25ClN4O2S. The molecule has 0 aromatic carbocycles. The number of nitrogens with one attached hydrogen (secondary N) is 1. The fourth-order valence-electron chi connectivity index (χ4n) is 2.65. The average molecular weight is 409 g/mol. The molecule has 0 bridgehead atoms. The molecule has 0 radical (unpaired) electrons. The lowest BCUT2D eigenvalue weighted by molar-refractivity contribution is 0.0774. The Morgan fingerprint density at radius 2 is 2.00 bits per heavy atom. The number of halogens is 1. The van der Waals surface area contributed by atoms with Gasteiger partial charge in [-0.2, -0.15) is 0 Å². The zero-order valence-electron chi connectivity index (χ0n) is 16.2. The maximum atomic E-state index is 12.6. The molecule has 2 amide bonds. The van der Waals surface area contributed by atoms with Crippen molar-refractivity contribution in [3.05, 3.63) is 45.1 Å². The van der Waals surface area contributed by atoms with Crippen LogP contribution in [0.15, 0.2) is 23.8 Å². The molecule has 0 fully saturated rings. The molecule has 0 unspecified atom stereocenters. The van der Waals surface area contributed by atoms with Crippen molar-refractivity contribution in [2.75, 3.05) is 13.6 Å². The van der Waals surface area contributed by atoms with Gasteiger partial charge in [-0.05, 0) is 17.9 Å². The van der Waals surface area contributed by atoms with Crippen LogP contribution >= 0.6 is 22.9 Å². The number of aromatic nitrogens is 2. The van der Waals surface area contributed by atoms with Gasteiger partial charge in [-0.15, -0.1) is 11.3 Å². The minimum Gasteiger partial charge on any atom is -0.342 e. The van der Waals surface area contributed by atoms with E-state index in [0.717, 1.165) is 0 Å². The Hall–Kier alpha value is -1.99. The van der Waals surface area contributed by atoms with E-state index in [1.54, 1.807) is 23.4 Å². The largest absolute Gasteiger partial charge is 0.342 e. The number of hydrogen-bond donors (Lipinski definition) is 1. The number of amides is 2. The van der Waals surface area contributed by atoms with Crippen LogP contribution in [0.1, 0.15) is 59.6 Å². The molecule has 0 aliphatic carbocycles. The summed E-state index contributed by atoms with van der Waals surface area (Å²) in [6, 6.07) is 1.26. The molecule has 2 heterocycles. The summed E-state index contributed by atoms with van der Waals surface area (Å²) in [5.41, 5.74) is 0.766. The van der Waals surface area contributed by atoms with Crippen LogP contribution in [0.5, 0.6) is 0 Å². The van der Waals surface area contributed by atoms with Crippen LogP contribution in [-0.2, 0) is 0 Å². The van der Waals surface area contributed by atoms with Crippen molar-refractivity contribution < 1.29 is 9.59 Å². The molecule has 1 N–H and O–H groups in total. The van der Waals surface area contributed by atoms with Gasteiger partial charge in [0.1, 0.15) is 10.7 Å². The van der Waals surface area contributed by atoms with E-state index in [-0.39, 0.29) is 23.8 Å². The average Bonchev–Trinajstić information content (AvgIpc) is 3.07. The van der Waals surface area contributed by atoms with E-state index in [9.17, 15) is 9.59 Å². The van der Waals surface area contributed by atoms with Gasteiger partial charge in [0.2, 0.25) is 0 Å². The molecule has 8 heteroatoms. The molecule has 2 aromatic rings. The summed E-state index contributed by atoms with van der Waals surface area (Å²) in [7, 11) is 1.77. The van der Waals surface area contributed by atoms with Crippen LogP contribution in [0.2, 0.25) is 5.02 Å². The fraction of sp³-hybridized carbons (Fsp3) is 0.474. The van der Waals surface area contributed by atoms with Crippen molar-refractivity contribution in [2.24, 2.45) is 11.8 Å². The molecule has 0 saturated heterocycles. The first-order valence-electron chi connectivity index (χ1n) is 8.82. The van der Waals surface area contributed by atoms with Crippen LogP contribution in [-0.4, -0.2) is 40.3 Å². The lowest BCUT2D eigenvalue weighted by atomic mass is 10.0. The number of carbonyl (C=O) groups is 2. The van der Waals surface area contributed by atoms with E-state index in [2.05, 4.69) is 29.1 Å². The number of carbonyl (C=O) groups excluding carboxylic acids is 2. The number of pyridine rings is 1. The second-order valence-corrected chi connectivity index (χ2v) is 8.50. The van der Waals surface area contributed by atoms with Crippen LogP contribution in [0.3, 0.4) is 0 Å². The highest BCUT2D eigenvalue weighted by Crippen LogP contribution is 2.26. The van der Waals surface area contributed by atoms with E-state index >= 15 is 0 Å². The molecule has 1 atom stereocenters. The number of thiazole rings is 1. The lowest BCUT2D eigenvalue weighted by Crippen LogP contribution is -2.32. The maximum absolute atomic E-state index is 12.6. The standard InChI is InChI=1S/C19H25ClN4O2S/c1-11(2)9-24(5)19(26)15-10-27-18(22-15)16(12(3)4)23-17(25)13-6-7-21-8-14(13)20/h6-8,10-12,16H,9H2,1-5H3,(H,23,25)/t16-/m0/s1. The van der Waals surface area contributed by atoms with Gasteiger partial charge in [0, 0.05) is 31.4 Å². The van der Waals surface area contributed by atoms with Gasteiger partial charge in [-0.3, -0.25) is 14.6 Å². The van der Waals surface area contributed by atoms with Crippen molar-refractivity contribution in [1.82, 2.24) is 20.2 Å². The summed E-state index contributed by atoms with van der Waals surface area (Å²) in [6.07, 6.45) is 2.96. The Labute approximate surface area is 169 Å². The second-order valence-electron chi connectivity index (χ2n) is 7.20. The smallest absolute Gasteiger partial charge is 0.273 e. The molecule has 6 nitrogen and oxygen atoms in total. The zero-order valence-corrected chi connectivity index (χ0v) is 17.8. The third kappa shape index (κ3) is 5.49. The van der Waals surface area contributed by atoms with Gasteiger partial charge in [0.05, 0.1) is 16.6 Å². The molecular weight excluding hydrogens is 384 g/mol. The second kappa shape index (κ2) is 9.28. The minimum absolute atomic E-state index is 0.0945. The monoisotopic (exact) mass is 408 g/mol. The SMILES string of the molecule is CC(C)CN(C)C(=O)c1csc([C@@H](NC(=O)c2ccncc2Cl)C(C)C)n1. The Bertz CT molecular complexity index is 807. The highest BCUT2D eigenvalue weighted by Gasteiger charge is 2.25. The van der Waals surface area contributed by atoms with E-state index in [0.29, 0.717) is 33.8 Å². The molecule has 2 aromatic heterocycles. The maximum Gasteiger partial charge on any atom is 0.273 e. The molecule has 0 aliphatic heterocycles. The molecule has 0 spiro atoms. The molecule has 0 aliphatic rings.